The third-order valence-corrected chi connectivity index (χ3v) is 7.48. The standard InChI is InChI=1S/C27H34N6O3/c1-32-24-9-6-20(15-21(24)16-29-32)26(34)31-23(27(35)36)11-14-33-13-10-18(17-33)4-7-22-8-5-19-3-2-12-28-25(19)30-22/h5-6,8-9,15-16,18,23H,2-4,7,10-14,17H2,1H3,(H,28,30)(H,31,34)(H,35,36). The lowest BCUT2D eigenvalue weighted by Crippen LogP contribution is -2.43. The Kier molecular flexibility index (Phi) is 7.18. The van der Waals surface area contributed by atoms with E-state index in [0.29, 0.717) is 24.4 Å². The van der Waals surface area contributed by atoms with Gasteiger partial charge < -0.3 is 20.6 Å². The number of pyridine rings is 1. The van der Waals surface area contributed by atoms with Crippen LogP contribution in [0.1, 0.15) is 47.3 Å². The highest BCUT2D eigenvalue weighted by atomic mass is 16.4. The molecule has 0 radical (unpaired) electrons. The normalized spacial score (nSPS) is 18.5. The molecule has 3 aromatic rings. The Morgan fingerprint density at radius 1 is 1.28 bits per heavy atom. The second kappa shape index (κ2) is 10.7. The Morgan fingerprint density at radius 3 is 3.03 bits per heavy atom. The first kappa shape index (κ1) is 24.2. The Bertz CT molecular complexity index is 1260. The molecule has 0 saturated carbocycles. The van der Waals surface area contributed by atoms with Gasteiger partial charge in [-0.1, -0.05) is 6.07 Å². The molecule has 1 aromatic carbocycles. The number of nitrogens with one attached hydrogen (secondary N) is 2. The number of hydrogen-bond acceptors (Lipinski definition) is 6. The van der Waals surface area contributed by atoms with Crippen LogP contribution >= 0.6 is 0 Å². The van der Waals surface area contributed by atoms with E-state index in [2.05, 4.69) is 32.8 Å². The minimum Gasteiger partial charge on any atom is -0.480 e. The summed E-state index contributed by atoms with van der Waals surface area (Å²) in [6, 6.07) is 8.72. The molecule has 1 saturated heterocycles. The van der Waals surface area contributed by atoms with Crippen molar-refractivity contribution < 1.29 is 14.7 Å². The number of likely N-dealkylation sites (tertiary alicyclic amines) is 1. The lowest BCUT2D eigenvalue weighted by atomic mass is 10.00. The minimum absolute atomic E-state index is 0.375. The van der Waals surface area contributed by atoms with Gasteiger partial charge in [0.2, 0.25) is 0 Å². The van der Waals surface area contributed by atoms with Crippen LogP contribution in [-0.4, -0.2) is 68.9 Å². The number of carboxylic acids is 1. The van der Waals surface area contributed by atoms with Gasteiger partial charge in [0.15, 0.2) is 0 Å². The van der Waals surface area contributed by atoms with Gasteiger partial charge in [0.1, 0.15) is 11.9 Å². The third kappa shape index (κ3) is 5.51. The van der Waals surface area contributed by atoms with Gasteiger partial charge in [-0.25, -0.2) is 9.78 Å². The number of aryl methyl sites for hydroxylation is 3. The van der Waals surface area contributed by atoms with Gasteiger partial charge in [-0.05, 0) is 80.8 Å². The molecule has 2 aromatic heterocycles. The number of carbonyl (C=O) groups is 2. The van der Waals surface area contributed by atoms with Crippen LogP contribution in [0.3, 0.4) is 0 Å². The molecule has 0 bridgehead atoms. The van der Waals surface area contributed by atoms with Gasteiger partial charge in [0, 0.05) is 43.3 Å². The van der Waals surface area contributed by atoms with E-state index in [1.54, 1.807) is 23.0 Å². The predicted molar refractivity (Wildman–Crippen MR) is 138 cm³/mol. The summed E-state index contributed by atoms with van der Waals surface area (Å²) >= 11 is 0. The van der Waals surface area contributed by atoms with Gasteiger partial charge >= 0.3 is 5.97 Å². The molecule has 36 heavy (non-hydrogen) atoms. The summed E-state index contributed by atoms with van der Waals surface area (Å²) < 4.78 is 1.74. The van der Waals surface area contributed by atoms with Crippen molar-refractivity contribution in [2.75, 3.05) is 31.5 Å². The lowest BCUT2D eigenvalue weighted by molar-refractivity contribution is -0.139. The largest absolute Gasteiger partial charge is 0.480 e. The minimum atomic E-state index is -1.01. The monoisotopic (exact) mass is 490 g/mol. The zero-order valence-corrected chi connectivity index (χ0v) is 20.7. The third-order valence-electron chi connectivity index (χ3n) is 7.48. The van der Waals surface area contributed by atoms with Crippen molar-refractivity contribution in [3.8, 4) is 0 Å². The number of carboxylic acid groups (broad SMARTS) is 1. The number of hydrogen-bond donors (Lipinski definition) is 3. The second-order valence-corrected chi connectivity index (χ2v) is 10.0. The van der Waals surface area contributed by atoms with Gasteiger partial charge in [-0.15, -0.1) is 0 Å². The first-order valence-corrected chi connectivity index (χ1v) is 12.9. The summed E-state index contributed by atoms with van der Waals surface area (Å²) in [4.78, 5) is 31.7. The number of nitrogens with zero attached hydrogens (tertiary/aromatic N) is 4. The predicted octanol–water partition coefficient (Wildman–Crippen LogP) is 2.85. The zero-order chi connectivity index (χ0) is 25.1. The van der Waals surface area contributed by atoms with Crippen LogP contribution in [0.5, 0.6) is 0 Å². The van der Waals surface area contributed by atoms with Crippen LogP contribution in [0, 0.1) is 5.92 Å². The number of carbonyl (C=O) groups excluding carboxylic acids is 1. The van der Waals surface area contributed by atoms with E-state index < -0.39 is 12.0 Å². The molecule has 0 spiro atoms. The van der Waals surface area contributed by atoms with E-state index in [9.17, 15) is 14.7 Å². The van der Waals surface area contributed by atoms with Crippen molar-refractivity contribution in [1.29, 1.82) is 0 Å². The van der Waals surface area contributed by atoms with Crippen molar-refractivity contribution in [3.63, 3.8) is 0 Å². The van der Waals surface area contributed by atoms with Gasteiger partial charge in [0.25, 0.3) is 5.91 Å². The van der Waals surface area contributed by atoms with Crippen LogP contribution in [0.4, 0.5) is 5.82 Å². The highest BCUT2D eigenvalue weighted by molar-refractivity contribution is 5.99. The molecule has 4 heterocycles. The molecule has 1 fully saturated rings. The summed E-state index contributed by atoms with van der Waals surface area (Å²) in [5, 5.41) is 20.9. The van der Waals surface area contributed by atoms with E-state index in [1.807, 2.05) is 13.1 Å². The van der Waals surface area contributed by atoms with Crippen LogP contribution < -0.4 is 10.6 Å². The molecule has 2 atom stereocenters. The molecule has 2 aliphatic rings. The Hall–Kier alpha value is -3.46. The van der Waals surface area contributed by atoms with Gasteiger partial charge in [0.05, 0.1) is 11.7 Å². The molecule has 9 nitrogen and oxygen atoms in total. The summed E-state index contributed by atoms with van der Waals surface area (Å²) in [5.41, 5.74) is 3.81. The fourth-order valence-corrected chi connectivity index (χ4v) is 5.33. The molecule has 3 N–H and O–H groups in total. The fraction of sp³-hybridized carbons (Fsp3) is 0.481. The summed E-state index contributed by atoms with van der Waals surface area (Å²) in [5.74, 6) is 0.252. The number of rotatable bonds is 9. The Balaban J connectivity index is 1.09. The zero-order valence-electron chi connectivity index (χ0n) is 20.7. The smallest absolute Gasteiger partial charge is 0.326 e. The number of aliphatic carboxylic acids is 1. The molecule has 5 rings (SSSR count). The molecule has 190 valence electrons. The summed E-state index contributed by atoms with van der Waals surface area (Å²) in [6.07, 6.45) is 7.49. The maximum Gasteiger partial charge on any atom is 0.326 e. The average Bonchev–Trinajstić information content (AvgIpc) is 3.50. The molecule has 2 unspecified atom stereocenters. The molecule has 9 heteroatoms. The van der Waals surface area contributed by atoms with Crippen molar-refractivity contribution in [2.24, 2.45) is 13.0 Å². The number of amides is 1. The van der Waals surface area contributed by atoms with E-state index in [0.717, 1.165) is 67.7 Å². The molecular formula is C27H34N6O3. The first-order chi connectivity index (χ1) is 17.5. The summed E-state index contributed by atoms with van der Waals surface area (Å²) in [6.45, 7) is 3.57. The highest BCUT2D eigenvalue weighted by Gasteiger charge is 2.26. The number of benzene rings is 1. The van der Waals surface area contributed by atoms with E-state index in [4.69, 9.17) is 4.98 Å². The quantitative estimate of drug-likeness (QED) is 0.423. The molecule has 1 amide bonds. The maximum absolute atomic E-state index is 12.7. The van der Waals surface area contributed by atoms with Gasteiger partial charge in [-0.2, -0.15) is 5.10 Å². The van der Waals surface area contributed by atoms with E-state index >= 15 is 0 Å². The first-order valence-electron chi connectivity index (χ1n) is 12.9. The van der Waals surface area contributed by atoms with Crippen LogP contribution in [0.25, 0.3) is 10.9 Å². The van der Waals surface area contributed by atoms with Crippen molar-refractivity contribution >= 4 is 28.6 Å². The van der Waals surface area contributed by atoms with Crippen molar-refractivity contribution in [3.05, 3.63) is 53.3 Å². The fourth-order valence-electron chi connectivity index (χ4n) is 5.33. The SMILES string of the molecule is Cn1ncc2cc(C(=O)NC(CCN3CCC(CCc4ccc5c(n4)NCCC5)C3)C(=O)O)ccc21. The number of fused-ring (bicyclic) bond motifs is 2. The molecule has 0 aliphatic carbocycles. The number of anilines is 1. The lowest BCUT2D eigenvalue weighted by Gasteiger charge is -2.20. The Morgan fingerprint density at radius 2 is 2.17 bits per heavy atom. The molecule has 2 aliphatic heterocycles. The average molecular weight is 491 g/mol. The number of aromatic nitrogens is 3. The van der Waals surface area contributed by atoms with Crippen molar-refractivity contribution in [2.45, 2.75) is 44.6 Å². The highest BCUT2D eigenvalue weighted by Crippen LogP contribution is 2.24. The maximum atomic E-state index is 12.7. The van der Waals surface area contributed by atoms with Crippen LogP contribution in [0.2, 0.25) is 0 Å². The van der Waals surface area contributed by atoms with E-state index in [1.165, 1.54) is 12.0 Å². The second-order valence-electron chi connectivity index (χ2n) is 10.0. The topological polar surface area (TPSA) is 112 Å². The van der Waals surface area contributed by atoms with Crippen LogP contribution in [-0.2, 0) is 24.7 Å². The van der Waals surface area contributed by atoms with E-state index in [-0.39, 0.29) is 5.91 Å². The molecular weight excluding hydrogens is 456 g/mol. The van der Waals surface area contributed by atoms with Crippen molar-refractivity contribution in [1.82, 2.24) is 25.0 Å². The van der Waals surface area contributed by atoms with Crippen LogP contribution in [0.15, 0.2) is 36.5 Å². The van der Waals surface area contributed by atoms with Gasteiger partial charge in [-0.3, -0.25) is 9.48 Å². The summed E-state index contributed by atoms with van der Waals surface area (Å²) in [7, 11) is 1.84. The Labute approximate surface area is 210 Å².